The number of halogens is 1. The zero-order valence-corrected chi connectivity index (χ0v) is 17.4. The predicted octanol–water partition coefficient (Wildman–Crippen LogP) is 4.30. The number of nitrogens with one attached hydrogen (secondary N) is 1. The van der Waals surface area contributed by atoms with E-state index in [1.807, 2.05) is 46.7 Å². The molecule has 1 fully saturated rings. The summed E-state index contributed by atoms with van der Waals surface area (Å²) in [5, 5.41) is 5.70. The molecule has 2 amide bonds. The van der Waals surface area contributed by atoms with Crippen molar-refractivity contribution in [1.29, 1.82) is 0 Å². The largest absolute Gasteiger partial charge is 0.355 e. The Hall–Kier alpha value is -1.50. The van der Waals surface area contributed by atoms with Gasteiger partial charge in [0.05, 0.1) is 4.88 Å². The molecule has 0 radical (unpaired) electrons. The van der Waals surface area contributed by atoms with E-state index in [0.29, 0.717) is 19.6 Å². The molecule has 4 nitrogen and oxygen atoms in total. The summed E-state index contributed by atoms with van der Waals surface area (Å²) in [4.78, 5) is 27.3. The Morgan fingerprint density at radius 1 is 1.19 bits per heavy atom. The van der Waals surface area contributed by atoms with Gasteiger partial charge in [0.15, 0.2) is 0 Å². The average Bonchev–Trinajstić information content (AvgIpc) is 3.23. The standard InChI is InChI=1S/C20H23ClN2O2S2/c21-17-5-3-15(4-6-17)14-26-13-9-22-19(24)16-7-10-23(11-8-16)20(25)18-2-1-12-27-18/h1-6,12,16H,7-11,13-14H2,(H,22,24). The number of carbonyl (C=O) groups excluding carboxylic acids is 2. The quantitative estimate of drug-likeness (QED) is 0.676. The summed E-state index contributed by atoms with van der Waals surface area (Å²) in [6.07, 6.45) is 1.47. The second-order valence-electron chi connectivity index (χ2n) is 6.51. The van der Waals surface area contributed by atoms with Crippen molar-refractivity contribution in [3.05, 3.63) is 57.2 Å². The van der Waals surface area contributed by atoms with Crippen LogP contribution in [-0.4, -0.2) is 42.1 Å². The number of hydrogen-bond acceptors (Lipinski definition) is 4. The summed E-state index contributed by atoms with van der Waals surface area (Å²) < 4.78 is 0. The van der Waals surface area contributed by atoms with Gasteiger partial charge in [-0.05, 0) is 42.0 Å². The summed E-state index contributed by atoms with van der Waals surface area (Å²) in [5.41, 5.74) is 1.23. The minimum absolute atomic E-state index is 0.0126. The first-order chi connectivity index (χ1) is 13.1. The van der Waals surface area contributed by atoms with Crippen LogP contribution in [0.2, 0.25) is 5.02 Å². The summed E-state index contributed by atoms with van der Waals surface area (Å²) in [6, 6.07) is 11.6. The SMILES string of the molecule is O=C(NCCSCc1ccc(Cl)cc1)C1CCN(C(=O)c2cccs2)CC1. The normalized spacial score (nSPS) is 14.9. The Balaban J connectivity index is 1.31. The molecule has 0 saturated carbocycles. The van der Waals surface area contributed by atoms with Gasteiger partial charge in [-0.25, -0.2) is 0 Å². The molecular weight excluding hydrogens is 400 g/mol. The molecule has 0 unspecified atom stereocenters. The number of thioether (sulfide) groups is 1. The second-order valence-corrected chi connectivity index (χ2v) is 9.00. The van der Waals surface area contributed by atoms with Gasteiger partial charge in [0.1, 0.15) is 0 Å². The molecule has 1 saturated heterocycles. The van der Waals surface area contributed by atoms with E-state index in [4.69, 9.17) is 11.6 Å². The first kappa shape index (κ1) is 20.2. The number of benzene rings is 1. The van der Waals surface area contributed by atoms with Crippen molar-refractivity contribution in [3.63, 3.8) is 0 Å². The highest BCUT2D eigenvalue weighted by Gasteiger charge is 2.27. The predicted molar refractivity (Wildman–Crippen MR) is 114 cm³/mol. The van der Waals surface area contributed by atoms with Crippen molar-refractivity contribution >= 4 is 46.5 Å². The maximum atomic E-state index is 12.3. The lowest BCUT2D eigenvalue weighted by Gasteiger charge is -2.31. The number of rotatable bonds is 7. The molecule has 2 aromatic rings. The van der Waals surface area contributed by atoms with E-state index in [1.54, 1.807) is 11.8 Å². The van der Waals surface area contributed by atoms with Gasteiger partial charge in [0.25, 0.3) is 5.91 Å². The van der Waals surface area contributed by atoms with E-state index >= 15 is 0 Å². The fourth-order valence-electron chi connectivity index (χ4n) is 3.06. The fraction of sp³-hybridized carbons (Fsp3) is 0.400. The molecule has 1 aromatic heterocycles. The van der Waals surface area contributed by atoms with Crippen LogP contribution in [0.3, 0.4) is 0 Å². The molecule has 0 aliphatic carbocycles. The lowest BCUT2D eigenvalue weighted by atomic mass is 9.96. The van der Waals surface area contributed by atoms with Gasteiger partial charge >= 0.3 is 0 Å². The smallest absolute Gasteiger partial charge is 0.263 e. The van der Waals surface area contributed by atoms with Crippen LogP contribution in [0.4, 0.5) is 0 Å². The van der Waals surface area contributed by atoms with E-state index in [-0.39, 0.29) is 17.7 Å². The van der Waals surface area contributed by atoms with E-state index < -0.39 is 0 Å². The maximum absolute atomic E-state index is 12.3. The van der Waals surface area contributed by atoms with Gasteiger partial charge in [0, 0.05) is 42.1 Å². The summed E-state index contributed by atoms with van der Waals surface area (Å²) in [5.74, 6) is 2.01. The molecule has 0 spiro atoms. The highest BCUT2D eigenvalue weighted by atomic mass is 35.5. The molecule has 3 rings (SSSR count). The molecule has 1 aliphatic heterocycles. The number of nitrogens with zero attached hydrogens (tertiary/aromatic N) is 1. The monoisotopic (exact) mass is 422 g/mol. The number of hydrogen-bond donors (Lipinski definition) is 1. The minimum atomic E-state index is 0.0126. The van der Waals surface area contributed by atoms with Crippen LogP contribution < -0.4 is 5.32 Å². The molecular formula is C20H23ClN2O2S2. The molecule has 27 heavy (non-hydrogen) atoms. The van der Waals surface area contributed by atoms with E-state index in [1.165, 1.54) is 16.9 Å². The van der Waals surface area contributed by atoms with E-state index in [2.05, 4.69) is 5.32 Å². The van der Waals surface area contributed by atoms with Gasteiger partial charge in [-0.2, -0.15) is 11.8 Å². The molecule has 144 valence electrons. The van der Waals surface area contributed by atoms with Gasteiger partial charge in [-0.1, -0.05) is 29.8 Å². The number of likely N-dealkylation sites (tertiary alicyclic amines) is 1. The highest BCUT2D eigenvalue weighted by molar-refractivity contribution is 7.98. The lowest BCUT2D eigenvalue weighted by molar-refractivity contribution is -0.126. The van der Waals surface area contributed by atoms with Gasteiger partial charge in [0.2, 0.25) is 5.91 Å². The number of carbonyl (C=O) groups is 2. The van der Waals surface area contributed by atoms with E-state index in [9.17, 15) is 9.59 Å². The van der Waals surface area contributed by atoms with Crippen molar-refractivity contribution in [2.75, 3.05) is 25.4 Å². The van der Waals surface area contributed by atoms with Crippen molar-refractivity contribution in [2.24, 2.45) is 5.92 Å². The zero-order valence-electron chi connectivity index (χ0n) is 15.0. The number of amides is 2. The van der Waals surface area contributed by atoms with Gasteiger partial charge in [-0.15, -0.1) is 11.3 Å². The second kappa shape index (κ2) is 10.2. The highest BCUT2D eigenvalue weighted by Crippen LogP contribution is 2.21. The van der Waals surface area contributed by atoms with Crippen molar-refractivity contribution < 1.29 is 9.59 Å². The summed E-state index contributed by atoms with van der Waals surface area (Å²) in [7, 11) is 0. The zero-order chi connectivity index (χ0) is 19.1. The third kappa shape index (κ3) is 5.99. The van der Waals surface area contributed by atoms with Crippen molar-refractivity contribution in [1.82, 2.24) is 10.2 Å². The van der Waals surface area contributed by atoms with Crippen molar-refractivity contribution in [3.8, 4) is 0 Å². The van der Waals surface area contributed by atoms with Crippen LogP contribution in [-0.2, 0) is 10.5 Å². The Bertz CT molecular complexity index is 742. The molecule has 2 heterocycles. The summed E-state index contributed by atoms with van der Waals surface area (Å²) in [6.45, 7) is 1.98. The molecule has 0 atom stereocenters. The van der Waals surface area contributed by atoms with Crippen LogP contribution in [0, 0.1) is 5.92 Å². The molecule has 1 aliphatic rings. The van der Waals surface area contributed by atoms with Crippen molar-refractivity contribution in [2.45, 2.75) is 18.6 Å². The third-order valence-corrected chi connectivity index (χ3v) is 6.75. The Labute approximate surface area is 173 Å². The van der Waals surface area contributed by atoms with Gasteiger partial charge < -0.3 is 10.2 Å². The number of piperidine rings is 1. The van der Waals surface area contributed by atoms with Crippen LogP contribution in [0.1, 0.15) is 28.1 Å². The average molecular weight is 423 g/mol. The van der Waals surface area contributed by atoms with E-state index in [0.717, 1.165) is 34.2 Å². The third-order valence-electron chi connectivity index (χ3n) is 4.61. The first-order valence-electron chi connectivity index (χ1n) is 9.06. The number of thiophene rings is 1. The molecule has 7 heteroatoms. The maximum Gasteiger partial charge on any atom is 0.263 e. The molecule has 1 N–H and O–H groups in total. The van der Waals surface area contributed by atoms with Crippen LogP contribution in [0.5, 0.6) is 0 Å². The van der Waals surface area contributed by atoms with Gasteiger partial charge in [-0.3, -0.25) is 9.59 Å². The van der Waals surface area contributed by atoms with Crippen LogP contribution in [0.25, 0.3) is 0 Å². The summed E-state index contributed by atoms with van der Waals surface area (Å²) >= 11 is 9.14. The Kier molecular flexibility index (Phi) is 7.61. The molecule has 0 bridgehead atoms. The Morgan fingerprint density at radius 3 is 2.59 bits per heavy atom. The topological polar surface area (TPSA) is 49.4 Å². The minimum Gasteiger partial charge on any atom is -0.355 e. The van der Waals surface area contributed by atoms with Crippen LogP contribution in [0.15, 0.2) is 41.8 Å². The molecule has 1 aromatic carbocycles. The fourth-order valence-corrected chi connectivity index (χ4v) is 4.70. The first-order valence-corrected chi connectivity index (χ1v) is 11.5. The van der Waals surface area contributed by atoms with Crippen LogP contribution >= 0.6 is 34.7 Å². The lowest BCUT2D eigenvalue weighted by Crippen LogP contribution is -2.43. The Morgan fingerprint density at radius 2 is 1.93 bits per heavy atom.